The molecule has 2 atom stereocenters. The fraction of sp³-hybridized carbons (Fsp3) is 0.276. The average Bonchev–Trinajstić information content (AvgIpc) is 3.49. The van der Waals surface area contributed by atoms with E-state index >= 15 is 0 Å². The second kappa shape index (κ2) is 10.7. The molecular weight excluding hydrogens is 494 g/mol. The minimum atomic E-state index is -0.744. The summed E-state index contributed by atoms with van der Waals surface area (Å²) in [6, 6.07) is 13.8. The SMILES string of the molecule is Cc1cccc(C(CO)NC(=O)C(C)N2Cc3ccc(-c4cc(Nc5ccnn5C)ncc4C)nc3C2=O)c1. The molecule has 2 amide bonds. The number of benzene rings is 1. The first kappa shape index (κ1) is 26.1. The summed E-state index contributed by atoms with van der Waals surface area (Å²) in [7, 11) is 1.84. The Kier molecular flexibility index (Phi) is 7.12. The van der Waals surface area contributed by atoms with Gasteiger partial charge in [0.05, 0.1) is 24.5 Å². The van der Waals surface area contributed by atoms with Crippen LogP contribution in [0.1, 0.15) is 45.7 Å². The molecule has 1 aromatic carbocycles. The molecule has 0 spiro atoms. The number of aryl methyl sites for hydroxylation is 3. The van der Waals surface area contributed by atoms with Crippen LogP contribution in [0.5, 0.6) is 0 Å². The Labute approximate surface area is 226 Å². The Hall–Kier alpha value is -4.57. The number of pyridine rings is 2. The highest BCUT2D eigenvalue weighted by atomic mass is 16.3. The van der Waals surface area contributed by atoms with Gasteiger partial charge in [-0.3, -0.25) is 14.3 Å². The molecule has 1 aliphatic rings. The average molecular weight is 526 g/mol. The van der Waals surface area contributed by atoms with Crippen LogP contribution >= 0.6 is 0 Å². The lowest BCUT2D eigenvalue weighted by molar-refractivity contribution is -0.126. The highest BCUT2D eigenvalue weighted by molar-refractivity contribution is 6.00. The molecule has 0 bridgehead atoms. The molecular formula is C29H31N7O3. The van der Waals surface area contributed by atoms with Gasteiger partial charge in [0.2, 0.25) is 5.91 Å². The fourth-order valence-corrected chi connectivity index (χ4v) is 4.71. The first-order valence-electron chi connectivity index (χ1n) is 12.8. The van der Waals surface area contributed by atoms with Gasteiger partial charge in [0, 0.05) is 37.0 Å². The number of carbonyl (C=O) groups excluding carboxylic acids is 2. The van der Waals surface area contributed by atoms with Crippen LogP contribution in [0.25, 0.3) is 11.3 Å². The Morgan fingerprint density at radius 3 is 2.69 bits per heavy atom. The van der Waals surface area contributed by atoms with Gasteiger partial charge in [-0.2, -0.15) is 5.10 Å². The van der Waals surface area contributed by atoms with Gasteiger partial charge in [-0.05, 0) is 44.0 Å². The number of nitrogens with zero attached hydrogens (tertiary/aromatic N) is 5. The van der Waals surface area contributed by atoms with Gasteiger partial charge in [-0.1, -0.05) is 35.9 Å². The molecule has 4 heterocycles. The van der Waals surface area contributed by atoms with Crippen molar-refractivity contribution in [3.05, 3.63) is 88.9 Å². The van der Waals surface area contributed by atoms with E-state index in [9.17, 15) is 14.7 Å². The molecule has 200 valence electrons. The van der Waals surface area contributed by atoms with E-state index in [-0.39, 0.29) is 25.0 Å². The van der Waals surface area contributed by atoms with Gasteiger partial charge >= 0.3 is 0 Å². The number of aliphatic hydroxyl groups is 1. The summed E-state index contributed by atoms with van der Waals surface area (Å²) >= 11 is 0. The molecule has 0 fully saturated rings. The van der Waals surface area contributed by atoms with E-state index in [1.807, 2.05) is 69.4 Å². The number of hydrogen-bond donors (Lipinski definition) is 3. The van der Waals surface area contributed by atoms with Crippen LogP contribution in [0.15, 0.2) is 60.9 Å². The summed E-state index contributed by atoms with van der Waals surface area (Å²) in [5, 5.41) is 20.2. The quantitative estimate of drug-likeness (QED) is 0.322. The number of anilines is 2. The smallest absolute Gasteiger partial charge is 0.273 e. The predicted octanol–water partition coefficient (Wildman–Crippen LogP) is 3.43. The fourth-order valence-electron chi connectivity index (χ4n) is 4.71. The zero-order valence-corrected chi connectivity index (χ0v) is 22.3. The topological polar surface area (TPSA) is 125 Å². The molecule has 5 rings (SSSR count). The van der Waals surface area contributed by atoms with Gasteiger partial charge in [0.1, 0.15) is 23.4 Å². The zero-order chi connectivity index (χ0) is 27.7. The minimum Gasteiger partial charge on any atom is -0.394 e. The first-order valence-corrected chi connectivity index (χ1v) is 12.8. The Balaban J connectivity index is 1.34. The molecule has 1 aliphatic heterocycles. The summed E-state index contributed by atoms with van der Waals surface area (Å²) in [4.78, 5) is 37.2. The third-order valence-corrected chi connectivity index (χ3v) is 7.03. The number of amides is 2. The molecule has 0 saturated heterocycles. The molecule has 2 unspecified atom stereocenters. The number of nitrogens with one attached hydrogen (secondary N) is 2. The Morgan fingerprint density at radius 2 is 1.97 bits per heavy atom. The number of carbonyl (C=O) groups is 2. The normalized spacial score (nSPS) is 14.2. The van der Waals surface area contributed by atoms with Crippen LogP contribution in [-0.4, -0.2) is 54.2 Å². The van der Waals surface area contributed by atoms with E-state index in [0.717, 1.165) is 33.6 Å². The summed E-state index contributed by atoms with van der Waals surface area (Å²) < 4.78 is 1.71. The second-order valence-corrected chi connectivity index (χ2v) is 9.82. The van der Waals surface area contributed by atoms with Crippen LogP contribution < -0.4 is 10.6 Å². The van der Waals surface area contributed by atoms with Gasteiger partial charge in [-0.25, -0.2) is 9.97 Å². The predicted molar refractivity (Wildman–Crippen MR) is 147 cm³/mol. The van der Waals surface area contributed by atoms with Crippen molar-refractivity contribution in [3.8, 4) is 11.3 Å². The number of hydrogen-bond acceptors (Lipinski definition) is 7. The van der Waals surface area contributed by atoms with Crippen molar-refractivity contribution in [1.82, 2.24) is 30.0 Å². The summed E-state index contributed by atoms with van der Waals surface area (Å²) in [6.07, 6.45) is 3.46. The van der Waals surface area contributed by atoms with Crippen LogP contribution in [0.4, 0.5) is 11.6 Å². The maximum absolute atomic E-state index is 13.4. The van der Waals surface area contributed by atoms with Gasteiger partial charge < -0.3 is 20.6 Å². The van der Waals surface area contributed by atoms with Crippen molar-refractivity contribution in [2.75, 3.05) is 11.9 Å². The van der Waals surface area contributed by atoms with Crippen molar-refractivity contribution < 1.29 is 14.7 Å². The number of fused-ring (bicyclic) bond motifs is 1. The lowest BCUT2D eigenvalue weighted by atomic mass is 10.0. The molecule has 10 nitrogen and oxygen atoms in total. The summed E-state index contributed by atoms with van der Waals surface area (Å²) in [5.74, 6) is 0.785. The lowest BCUT2D eigenvalue weighted by Crippen LogP contribution is -2.46. The standard InChI is InChI=1S/C29H31N7O3/c1-17-6-5-7-20(12-17)24(16-37)33-28(38)19(3)36-15-21-8-9-23(32-27(21)29(36)39)22-13-25(30-14-18(22)2)34-26-10-11-31-35(26)4/h5-14,19,24,37H,15-16H2,1-4H3,(H,30,34)(H,33,38). The molecule has 0 aliphatic carbocycles. The Morgan fingerprint density at radius 1 is 1.15 bits per heavy atom. The van der Waals surface area contributed by atoms with E-state index in [0.29, 0.717) is 17.2 Å². The molecule has 3 N–H and O–H groups in total. The lowest BCUT2D eigenvalue weighted by Gasteiger charge is -2.26. The van der Waals surface area contributed by atoms with Crippen molar-refractivity contribution in [2.24, 2.45) is 7.05 Å². The first-order chi connectivity index (χ1) is 18.7. The van der Waals surface area contributed by atoms with Crippen LogP contribution in [0.2, 0.25) is 0 Å². The zero-order valence-electron chi connectivity index (χ0n) is 22.3. The van der Waals surface area contributed by atoms with Crippen molar-refractivity contribution >= 4 is 23.5 Å². The van der Waals surface area contributed by atoms with Crippen LogP contribution in [-0.2, 0) is 18.4 Å². The van der Waals surface area contributed by atoms with Crippen molar-refractivity contribution in [2.45, 2.75) is 39.4 Å². The second-order valence-electron chi connectivity index (χ2n) is 9.82. The maximum Gasteiger partial charge on any atom is 0.273 e. The number of aliphatic hydroxyl groups excluding tert-OH is 1. The monoisotopic (exact) mass is 525 g/mol. The third-order valence-electron chi connectivity index (χ3n) is 7.03. The number of rotatable bonds is 8. The van der Waals surface area contributed by atoms with Crippen LogP contribution in [0, 0.1) is 13.8 Å². The van der Waals surface area contributed by atoms with E-state index in [4.69, 9.17) is 4.98 Å². The number of aromatic nitrogens is 4. The molecule has 3 aromatic heterocycles. The molecule has 4 aromatic rings. The molecule has 10 heteroatoms. The maximum atomic E-state index is 13.4. The van der Waals surface area contributed by atoms with Crippen molar-refractivity contribution in [1.29, 1.82) is 0 Å². The van der Waals surface area contributed by atoms with Crippen LogP contribution in [0.3, 0.4) is 0 Å². The minimum absolute atomic E-state index is 0.246. The van der Waals surface area contributed by atoms with Gasteiger partial charge in [0.25, 0.3) is 5.91 Å². The van der Waals surface area contributed by atoms with E-state index in [1.165, 1.54) is 4.90 Å². The highest BCUT2D eigenvalue weighted by Gasteiger charge is 2.36. The van der Waals surface area contributed by atoms with Gasteiger partial charge in [-0.15, -0.1) is 0 Å². The highest BCUT2D eigenvalue weighted by Crippen LogP contribution is 2.30. The molecule has 0 saturated carbocycles. The van der Waals surface area contributed by atoms with E-state index in [2.05, 4.69) is 20.7 Å². The van der Waals surface area contributed by atoms with Crippen molar-refractivity contribution in [3.63, 3.8) is 0 Å². The summed E-state index contributed by atoms with van der Waals surface area (Å²) in [6.45, 7) is 5.62. The third kappa shape index (κ3) is 5.23. The van der Waals surface area contributed by atoms with E-state index in [1.54, 1.807) is 24.0 Å². The summed E-state index contributed by atoms with van der Waals surface area (Å²) in [5.41, 5.74) is 5.35. The van der Waals surface area contributed by atoms with E-state index < -0.39 is 12.1 Å². The molecule has 0 radical (unpaired) electrons. The largest absolute Gasteiger partial charge is 0.394 e. The molecule has 39 heavy (non-hydrogen) atoms. The Bertz CT molecular complexity index is 1550. The van der Waals surface area contributed by atoms with Gasteiger partial charge in [0.15, 0.2) is 0 Å².